The van der Waals surface area contributed by atoms with E-state index in [2.05, 4.69) is 0 Å². The highest BCUT2D eigenvalue weighted by molar-refractivity contribution is 5.64. The SMILES string of the molecule is CC(C)Oc1cccc(Oc2ccc3c(c2)OCO3)c1N. The number of fused-ring (bicyclic) bond motifs is 1. The van der Waals surface area contributed by atoms with E-state index in [4.69, 9.17) is 24.7 Å². The lowest BCUT2D eigenvalue weighted by Gasteiger charge is -2.15. The van der Waals surface area contributed by atoms with Gasteiger partial charge in [0.2, 0.25) is 6.79 Å². The van der Waals surface area contributed by atoms with Crippen LogP contribution < -0.4 is 24.7 Å². The second-order valence-electron chi connectivity index (χ2n) is 4.95. The predicted octanol–water partition coefficient (Wildman–Crippen LogP) is 3.58. The Bertz CT molecular complexity index is 655. The zero-order valence-corrected chi connectivity index (χ0v) is 12.0. The van der Waals surface area contributed by atoms with E-state index in [0.29, 0.717) is 34.4 Å². The molecule has 21 heavy (non-hydrogen) atoms. The number of hydrogen-bond donors (Lipinski definition) is 1. The van der Waals surface area contributed by atoms with Crippen LogP contribution >= 0.6 is 0 Å². The molecule has 0 radical (unpaired) electrons. The summed E-state index contributed by atoms with van der Waals surface area (Å²) in [6, 6.07) is 10.9. The summed E-state index contributed by atoms with van der Waals surface area (Å²) in [5.74, 6) is 3.18. The molecule has 0 fully saturated rings. The Morgan fingerprint density at radius 1 is 1.05 bits per heavy atom. The molecule has 1 aliphatic rings. The highest BCUT2D eigenvalue weighted by atomic mass is 16.7. The zero-order valence-electron chi connectivity index (χ0n) is 12.0. The van der Waals surface area contributed by atoms with Crippen LogP contribution in [0, 0.1) is 0 Å². The molecule has 5 nitrogen and oxygen atoms in total. The molecular weight excluding hydrogens is 270 g/mol. The monoisotopic (exact) mass is 287 g/mol. The third kappa shape index (κ3) is 2.81. The molecule has 0 aliphatic carbocycles. The molecular formula is C16H17NO4. The fourth-order valence-corrected chi connectivity index (χ4v) is 2.04. The van der Waals surface area contributed by atoms with E-state index >= 15 is 0 Å². The molecule has 0 atom stereocenters. The summed E-state index contributed by atoms with van der Waals surface area (Å²) in [6.45, 7) is 4.13. The maximum Gasteiger partial charge on any atom is 0.231 e. The van der Waals surface area contributed by atoms with E-state index in [1.54, 1.807) is 12.1 Å². The van der Waals surface area contributed by atoms with Gasteiger partial charge in [0.15, 0.2) is 17.2 Å². The molecule has 0 saturated heterocycles. The summed E-state index contributed by atoms with van der Waals surface area (Å²) >= 11 is 0. The molecule has 0 aromatic heterocycles. The number of benzene rings is 2. The van der Waals surface area contributed by atoms with Gasteiger partial charge in [-0.3, -0.25) is 0 Å². The van der Waals surface area contributed by atoms with Gasteiger partial charge in [-0.25, -0.2) is 0 Å². The van der Waals surface area contributed by atoms with Gasteiger partial charge in [-0.05, 0) is 38.1 Å². The summed E-state index contributed by atoms with van der Waals surface area (Å²) in [6.07, 6.45) is 0.0492. The van der Waals surface area contributed by atoms with Crippen molar-refractivity contribution in [3.8, 4) is 28.7 Å². The molecule has 2 N–H and O–H groups in total. The second-order valence-corrected chi connectivity index (χ2v) is 4.95. The normalized spacial score (nSPS) is 12.5. The first-order chi connectivity index (χ1) is 10.1. The highest BCUT2D eigenvalue weighted by Gasteiger charge is 2.15. The molecule has 1 heterocycles. The summed E-state index contributed by atoms with van der Waals surface area (Å²) in [4.78, 5) is 0. The molecule has 3 rings (SSSR count). The van der Waals surface area contributed by atoms with Crippen LogP contribution in [0.4, 0.5) is 5.69 Å². The first-order valence-electron chi connectivity index (χ1n) is 6.76. The highest BCUT2D eigenvalue weighted by Crippen LogP contribution is 2.39. The number of nitrogens with two attached hydrogens (primary N) is 1. The summed E-state index contributed by atoms with van der Waals surface area (Å²) in [5.41, 5.74) is 6.56. The van der Waals surface area contributed by atoms with Crippen molar-refractivity contribution in [3.05, 3.63) is 36.4 Å². The number of ether oxygens (including phenoxy) is 4. The predicted molar refractivity (Wildman–Crippen MR) is 79.3 cm³/mol. The average molecular weight is 287 g/mol. The van der Waals surface area contributed by atoms with Gasteiger partial charge in [0.25, 0.3) is 0 Å². The maximum atomic E-state index is 6.09. The first kappa shape index (κ1) is 13.4. The summed E-state index contributed by atoms with van der Waals surface area (Å²) < 4.78 is 22.1. The van der Waals surface area contributed by atoms with Crippen LogP contribution in [0.15, 0.2) is 36.4 Å². The molecule has 0 unspecified atom stereocenters. The minimum atomic E-state index is 0.0492. The minimum Gasteiger partial charge on any atom is -0.489 e. The largest absolute Gasteiger partial charge is 0.489 e. The van der Waals surface area contributed by atoms with Crippen molar-refractivity contribution in [1.82, 2.24) is 0 Å². The van der Waals surface area contributed by atoms with Crippen molar-refractivity contribution in [1.29, 1.82) is 0 Å². The minimum absolute atomic E-state index is 0.0492. The van der Waals surface area contributed by atoms with Crippen LogP contribution in [0.2, 0.25) is 0 Å². The van der Waals surface area contributed by atoms with E-state index in [1.165, 1.54) is 0 Å². The van der Waals surface area contributed by atoms with Gasteiger partial charge in [0.05, 0.1) is 6.10 Å². The lowest BCUT2D eigenvalue weighted by molar-refractivity contribution is 0.174. The third-order valence-electron chi connectivity index (χ3n) is 2.96. The van der Waals surface area contributed by atoms with Crippen LogP contribution in [-0.2, 0) is 0 Å². The number of anilines is 1. The molecule has 2 aromatic rings. The Morgan fingerprint density at radius 2 is 1.81 bits per heavy atom. The van der Waals surface area contributed by atoms with E-state index in [0.717, 1.165) is 0 Å². The fourth-order valence-electron chi connectivity index (χ4n) is 2.04. The van der Waals surface area contributed by atoms with Crippen molar-refractivity contribution < 1.29 is 18.9 Å². The maximum absolute atomic E-state index is 6.09. The number of hydrogen-bond acceptors (Lipinski definition) is 5. The van der Waals surface area contributed by atoms with Crippen molar-refractivity contribution in [2.45, 2.75) is 20.0 Å². The standard InChI is InChI=1S/C16H17NO4/c1-10(2)20-13-4-3-5-14(16(13)17)21-11-6-7-12-15(8-11)19-9-18-12/h3-8,10H,9,17H2,1-2H3. The van der Waals surface area contributed by atoms with Crippen molar-refractivity contribution >= 4 is 5.69 Å². The van der Waals surface area contributed by atoms with E-state index in [-0.39, 0.29) is 12.9 Å². The number of nitrogen functional groups attached to an aromatic ring is 1. The summed E-state index contributed by atoms with van der Waals surface area (Å²) in [5, 5.41) is 0. The Balaban J connectivity index is 1.84. The van der Waals surface area contributed by atoms with Gasteiger partial charge in [-0.2, -0.15) is 0 Å². The van der Waals surface area contributed by atoms with Gasteiger partial charge in [-0.1, -0.05) is 6.07 Å². The van der Waals surface area contributed by atoms with Crippen LogP contribution in [0.1, 0.15) is 13.8 Å². The van der Waals surface area contributed by atoms with Gasteiger partial charge in [0.1, 0.15) is 17.2 Å². The zero-order chi connectivity index (χ0) is 14.8. The molecule has 0 bridgehead atoms. The molecule has 0 spiro atoms. The summed E-state index contributed by atoms with van der Waals surface area (Å²) in [7, 11) is 0. The smallest absolute Gasteiger partial charge is 0.231 e. The lowest BCUT2D eigenvalue weighted by atomic mass is 10.2. The Labute approximate surface area is 123 Å². The van der Waals surface area contributed by atoms with E-state index in [9.17, 15) is 0 Å². The van der Waals surface area contributed by atoms with Crippen molar-refractivity contribution in [3.63, 3.8) is 0 Å². The lowest BCUT2D eigenvalue weighted by Crippen LogP contribution is -2.07. The van der Waals surface area contributed by atoms with Gasteiger partial charge >= 0.3 is 0 Å². The molecule has 5 heteroatoms. The van der Waals surface area contributed by atoms with Crippen LogP contribution in [0.25, 0.3) is 0 Å². The molecule has 0 saturated carbocycles. The topological polar surface area (TPSA) is 62.9 Å². The Morgan fingerprint density at radius 3 is 2.62 bits per heavy atom. The van der Waals surface area contributed by atoms with Gasteiger partial charge < -0.3 is 24.7 Å². The molecule has 2 aromatic carbocycles. The van der Waals surface area contributed by atoms with Crippen molar-refractivity contribution in [2.75, 3.05) is 12.5 Å². The third-order valence-corrected chi connectivity index (χ3v) is 2.96. The van der Waals surface area contributed by atoms with Gasteiger partial charge in [0, 0.05) is 6.07 Å². The fraction of sp³-hybridized carbons (Fsp3) is 0.250. The molecule has 0 amide bonds. The van der Waals surface area contributed by atoms with Gasteiger partial charge in [-0.15, -0.1) is 0 Å². The van der Waals surface area contributed by atoms with Crippen LogP contribution in [-0.4, -0.2) is 12.9 Å². The quantitative estimate of drug-likeness (QED) is 0.871. The van der Waals surface area contributed by atoms with E-state index < -0.39 is 0 Å². The number of para-hydroxylation sites is 1. The Hall–Kier alpha value is -2.56. The number of rotatable bonds is 4. The van der Waals surface area contributed by atoms with Crippen LogP contribution in [0.3, 0.4) is 0 Å². The molecule has 110 valence electrons. The Kier molecular flexibility index (Phi) is 3.48. The average Bonchev–Trinajstić information content (AvgIpc) is 2.90. The van der Waals surface area contributed by atoms with Crippen molar-refractivity contribution in [2.24, 2.45) is 0 Å². The van der Waals surface area contributed by atoms with E-state index in [1.807, 2.05) is 38.1 Å². The van der Waals surface area contributed by atoms with Crippen LogP contribution in [0.5, 0.6) is 28.7 Å². The molecule has 1 aliphatic heterocycles. The first-order valence-corrected chi connectivity index (χ1v) is 6.76. The second kappa shape index (κ2) is 5.44.